The highest BCUT2D eigenvalue weighted by Gasteiger charge is 2.38. The van der Waals surface area contributed by atoms with Gasteiger partial charge in [0.15, 0.2) is 0 Å². The first-order valence-corrected chi connectivity index (χ1v) is 7.61. The maximum atomic E-state index is 10.3. The Balaban J connectivity index is 0.00000144. The van der Waals surface area contributed by atoms with Crippen molar-refractivity contribution >= 4 is 17.0 Å². The number of allylic oxidation sites excluding steroid dienone is 2. The molecule has 4 heteroatoms. The smallest absolute Gasteiger partial charge is 0.126 e. The molecule has 0 aromatic heterocycles. The topological polar surface area (TPSA) is 52.5 Å². The van der Waals surface area contributed by atoms with Gasteiger partial charge in [0.25, 0.3) is 0 Å². The van der Waals surface area contributed by atoms with E-state index in [1.54, 1.807) is 0 Å². The second kappa shape index (κ2) is 5.94. The largest absolute Gasteiger partial charge is 0.512 e. The minimum Gasteiger partial charge on any atom is -0.512 e. The summed E-state index contributed by atoms with van der Waals surface area (Å²) in [7, 11) is 0. The molecule has 3 aliphatic rings. The lowest BCUT2D eigenvalue weighted by molar-refractivity contribution is 0.333. The van der Waals surface area contributed by atoms with E-state index in [4.69, 9.17) is 0 Å². The summed E-state index contributed by atoms with van der Waals surface area (Å²) in [5.41, 5.74) is 4.19. The lowest BCUT2D eigenvalue weighted by atomic mass is 9.80. The Bertz CT molecular complexity index is 676. The molecule has 0 fully saturated rings. The predicted molar refractivity (Wildman–Crippen MR) is 92.2 cm³/mol. The number of nitrogens with one attached hydrogen (secondary N) is 1. The lowest BCUT2D eigenvalue weighted by Crippen LogP contribution is -2.22. The Labute approximate surface area is 140 Å². The normalized spacial score (nSPS) is 27.0. The van der Waals surface area contributed by atoms with E-state index in [1.807, 2.05) is 24.3 Å². The van der Waals surface area contributed by atoms with Crippen LogP contribution in [0.1, 0.15) is 30.9 Å². The average molecular weight is 362 g/mol. The van der Waals surface area contributed by atoms with Crippen LogP contribution >= 0.6 is 17.0 Å². The fourth-order valence-corrected chi connectivity index (χ4v) is 3.89. The van der Waals surface area contributed by atoms with Crippen LogP contribution in [0.5, 0.6) is 0 Å². The first-order valence-electron chi connectivity index (χ1n) is 7.61. The van der Waals surface area contributed by atoms with Gasteiger partial charge in [0, 0.05) is 6.42 Å². The van der Waals surface area contributed by atoms with Crippen molar-refractivity contribution < 1.29 is 10.2 Å². The quantitative estimate of drug-likeness (QED) is 0.699. The minimum atomic E-state index is 0. The van der Waals surface area contributed by atoms with Gasteiger partial charge in [0.1, 0.15) is 11.5 Å². The Kier molecular flexibility index (Phi) is 4.15. The molecule has 0 saturated carbocycles. The second-order valence-electron chi connectivity index (χ2n) is 6.04. The van der Waals surface area contributed by atoms with Crippen molar-refractivity contribution in [3.8, 4) is 0 Å². The Hall–Kier alpha value is -1.52. The van der Waals surface area contributed by atoms with Crippen LogP contribution in [-0.4, -0.2) is 16.8 Å². The zero-order valence-electron chi connectivity index (χ0n) is 12.2. The summed E-state index contributed by atoms with van der Waals surface area (Å²) < 4.78 is 0. The van der Waals surface area contributed by atoms with E-state index < -0.39 is 0 Å². The molecule has 1 aromatic carbocycles. The standard InChI is InChI=1S/C18H19NO2.BrH/c20-14-7-6-11-8-9-19-18(12-4-2-1-3-5-12)13-10-15(21)17(14)16(11)13;/h1-5,10-11,18-21H,6-9H2;1H/t11-,18+;/m0./s1. The maximum Gasteiger partial charge on any atom is 0.126 e. The van der Waals surface area contributed by atoms with Gasteiger partial charge in [-0.25, -0.2) is 0 Å². The van der Waals surface area contributed by atoms with Crippen molar-refractivity contribution in [1.29, 1.82) is 0 Å². The Morgan fingerprint density at radius 2 is 1.82 bits per heavy atom. The van der Waals surface area contributed by atoms with Gasteiger partial charge in [-0.05, 0) is 48.1 Å². The van der Waals surface area contributed by atoms with E-state index in [1.165, 1.54) is 5.56 Å². The molecule has 0 radical (unpaired) electrons. The number of hydrogen-bond donors (Lipinski definition) is 3. The highest BCUT2D eigenvalue weighted by Crippen LogP contribution is 2.48. The summed E-state index contributed by atoms with van der Waals surface area (Å²) >= 11 is 0. The molecule has 1 aliphatic heterocycles. The number of aliphatic hydroxyl groups is 2. The first kappa shape index (κ1) is 15.4. The number of aliphatic hydroxyl groups excluding tert-OH is 2. The molecular weight excluding hydrogens is 342 g/mol. The van der Waals surface area contributed by atoms with Gasteiger partial charge in [-0.15, -0.1) is 17.0 Å². The highest BCUT2D eigenvalue weighted by atomic mass is 79.9. The molecular formula is C18H20BrNO2. The molecule has 3 nitrogen and oxygen atoms in total. The van der Waals surface area contributed by atoms with E-state index in [-0.39, 0.29) is 28.8 Å². The number of halogens is 1. The number of benzene rings is 1. The third-order valence-electron chi connectivity index (χ3n) is 4.84. The van der Waals surface area contributed by atoms with Crippen molar-refractivity contribution in [3.05, 3.63) is 70.2 Å². The molecule has 1 aromatic rings. The number of rotatable bonds is 1. The van der Waals surface area contributed by atoms with Crippen LogP contribution in [0, 0.1) is 5.92 Å². The molecule has 0 saturated heterocycles. The summed E-state index contributed by atoms with van der Waals surface area (Å²) in [6.07, 6.45) is 4.54. The van der Waals surface area contributed by atoms with E-state index in [0.717, 1.165) is 30.5 Å². The van der Waals surface area contributed by atoms with Crippen LogP contribution in [0.25, 0.3) is 0 Å². The molecule has 3 N–H and O–H groups in total. The lowest BCUT2D eigenvalue weighted by Gasteiger charge is -2.25. The fourth-order valence-electron chi connectivity index (χ4n) is 3.89. The van der Waals surface area contributed by atoms with E-state index >= 15 is 0 Å². The maximum absolute atomic E-state index is 10.3. The summed E-state index contributed by atoms with van der Waals surface area (Å²) in [5, 5.41) is 24.0. The molecule has 0 spiro atoms. The summed E-state index contributed by atoms with van der Waals surface area (Å²) in [6, 6.07) is 10.4. The van der Waals surface area contributed by atoms with Crippen LogP contribution in [0.15, 0.2) is 64.6 Å². The highest BCUT2D eigenvalue weighted by molar-refractivity contribution is 8.93. The van der Waals surface area contributed by atoms with Crippen molar-refractivity contribution in [1.82, 2.24) is 5.32 Å². The molecule has 0 amide bonds. The predicted octanol–water partition coefficient (Wildman–Crippen LogP) is 4.27. The molecule has 2 atom stereocenters. The van der Waals surface area contributed by atoms with Crippen LogP contribution < -0.4 is 5.32 Å². The SMILES string of the molecule is Br.OC1=CC2=C3C1=C(O)CC[C@H]3CCN[C@@H]2c1ccccc1. The van der Waals surface area contributed by atoms with Gasteiger partial charge in [-0.2, -0.15) is 0 Å². The zero-order chi connectivity index (χ0) is 14.4. The summed E-state index contributed by atoms with van der Waals surface area (Å²) in [4.78, 5) is 0. The third kappa shape index (κ3) is 2.31. The van der Waals surface area contributed by atoms with Crippen LogP contribution in [-0.2, 0) is 0 Å². The molecule has 0 unspecified atom stereocenters. The van der Waals surface area contributed by atoms with Crippen molar-refractivity contribution in [2.75, 3.05) is 6.54 Å². The zero-order valence-corrected chi connectivity index (χ0v) is 14.0. The van der Waals surface area contributed by atoms with Crippen molar-refractivity contribution in [2.24, 2.45) is 5.92 Å². The van der Waals surface area contributed by atoms with Gasteiger partial charge < -0.3 is 15.5 Å². The van der Waals surface area contributed by atoms with E-state index in [0.29, 0.717) is 23.7 Å². The Morgan fingerprint density at radius 1 is 1.05 bits per heavy atom. The molecule has 0 bridgehead atoms. The fraction of sp³-hybridized carbons (Fsp3) is 0.333. The van der Waals surface area contributed by atoms with E-state index in [9.17, 15) is 10.2 Å². The van der Waals surface area contributed by atoms with E-state index in [2.05, 4.69) is 17.4 Å². The molecule has 116 valence electrons. The third-order valence-corrected chi connectivity index (χ3v) is 4.84. The summed E-state index contributed by atoms with van der Waals surface area (Å²) in [5.74, 6) is 1.01. The monoisotopic (exact) mass is 361 g/mol. The average Bonchev–Trinajstić information content (AvgIpc) is 2.74. The molecule has 22 heavy (non-hydrogen) atoms. The van der Waals surface area contributed by atoms with Crippen LogP contribution in [0.4, 0.5) is 0 Å². The number of hydrogen-bond acceptors (Lipinski definition) is 3. The van der Waals surface area contributed by atoms with Gasteiger partial charge in [-0.3, -0.25) is 0 Å². The molecule has 2 aliphatic carbocycles. The second-order valence-corrected chi connectivity index (χ2v) is 6.04. The molecule has 4 rings (SSSR count). The minimum absolute atomic E-state index is 0. The molecule has 1 heterocycles. The van der Waals surface area contributed by atoms with Crippen LogP contribution in [0.2, 0.25) is 0 Å². The van der Waals surface area contributed by atoms with Gasteiger partial charge in [0.2, 0.25) is 0 Å². The summed E-state index contributed by atoms with van der Waals surface area (Å²) in [6.45, 7) is 0.958. The van der Waals surface area contributed by atoms with Gasteiger partial charge in [0.05, 0.1) is 11.6 Å². The Morgan fingerprint density at radius 3 is 2.59 bits per heavy atom. The van der Waals surface area contributed by atoms with Crippen molar-refractivity contribution in [3.63, 3.8) is 0 Å². The first-order chi connectivity index (χ1) is 10.3. The van der Waals surface area contributed by atoms with Gasteiger partial charge in [-0.1, -0.05) is 30.3 Å². The van der Waals surface area contributed by atoms with Gasteiger partial charge >= 0.3 is 0 Å². The van der Waals surface area contributed by atoms with Crippen LogP contribution in [0.3, 0.4) is 0 Å². The van der Waals surface area contributed by atoms with Crippen molar-refractivity contribution in [2.45, 2.75) is 25.3 Å².